The van der Waals surface area contributed by atoms with E-state index < -0.39 is 5.97 Å². The van der Waals surface area contributed by atoms with Crippen molar-refractivity contribution in [1.82, 2.24) is 4.98 Å². The Bertz CT molecular complexity index is 628. The van der Waals surface area contributed by atoms with Crippen molar-refractivity contribution >= 4 is 11.7 Å². The monoisotopic (exact) mass is 274 g/mol. The summed E-state index contributed by atoms with van der Waals surface area (Å²) in [6, 6.07) is 7.73. The number of ether oxygens (including phenoxy) is 2. The van der Waals surface area contributed by atoms with E-state index in [0.717, 1.165) is 0 Å². The Kier molecular flexibility index (Phi) is 4.05. The maximum absolute atomic E-state index is 11.8. The van der Waals surface area contributed by atoms with Crippen LogP contribution in [0.3, 0.4) is 0 Å². The maximum Gasteiger partial charge on any atom is 0.343 e. The molecule has 104 valence electrons. The molecule has 0 fully saturated rings. The van der Waals surface area contributed by atoms with E-state index in [0.29, 0.717) is 0 Å². The number of hydrogen-bond acceptors (Lipinski definition) is 6. The lowest BCUT2D eigenvalue weighted by Crippen LogP contribution is -2.07. The zero-order valence-corrected chi connectivity index (χ0v) is 10.9. The minimum atomic E-state index is -0.533. The van der Waals surface area contributed by atoms with Crippen molar-refractivity contribution in [3.63, 3.8) is 0 Å². The van der Waals surface area contributed by atoms with Crippen LogP contribution in [0.25, 0.3) is 0 Å². The number of nitrogens with zero attached hydrogens (tertiary/aromatic N) is 1. The minimum absolute atomic E-state index is 0.0725. The van der Waals surface area contributed by atoms with Gasteiger partial charge in [-0.1, -0.05) is 6.07 Å². The van der Waals surface area contributed by atoms with Gasteiger partial charge in [0.15, 0.2) is 5.75 Å². The average Bonchev–Trinajstić information content (AvgIpc) is 2.45. The first-order valence-electron chi connectivity index (χ1n) is 6.01. The Morgan fingerprint density at radius 1 is 1.35 bits per heavy atom. The second-order valence-electron chi connectivity index (χ2n) is 3.87. The lowest BCUT2D eigenvalue weighted by molar-refractivity contribution is 0.0522. The third-order valence-corrected chi connectivity index (χ3v) is 2.52. The summed E-state index contributed by atoms with van der Waals surface area (Å²) < 4.78 is 10.4. The Hall–Kier alpha value is -2.76. The van der Waals surface area contributed by atoms with Crippen LogP contribution >= 0.6 is 0 Å². The van der Waals surface area contributed by atoms with Crippen LogP contribution in [0.1, 0.15) is 17.3 Å². The van der Waals surface area contributed by atoms with Crippen LogP contribution in [0.4, 0.5) is 5.69 Å². The molecule has 0 amide bonds. The molecular weight excluding hydrogens is 260 g/mol. The van der Waals surface area contributed by atoms with E-state index >= 15 is 0 Å². The van der Waals surface area contributed by atoms with Crippen molar-refractivity contribution in [3.05, 3.63) is 42.1 Å². The Labute approximate surface area is 115 Å². The molecule has 0 unspecified atom stereocenters. The fraction of sp³-hybridized carbons (Fsp3) is 0.143. The summed E-state index contributed by atoms with van der Waals surface area (Å²) in [6.07, 6.45) is 1.48. The predicted molar refractivity (Wildman–Crippen MR) is 72.8 cm³/mol. The smallest absolute Gasteiger partial charge is 0.343 e. The van der Waals surface area contributed by atoms with Crippen LogP contribution in [-0.2, 0) is 4.74 Å². The molecule has 20 heavy (non-hydrogen) atoms. The summed E-state index contributed by atoms with van der Waals surface area (Å²) >= 11 is 0. The zero-order chi connectivity index (χ0) is 14.5. The van der Waals surface area contributed by atoms with Gasteiger partial charge >= 0.3 is 5.97 Å². The highest BCUT2D eigenvalue weighted by molar-refractivity contribution is 5.92. The number of pyridine rings is 1. The average molecular weight is 274 g/mol. The molecule has 1 heterocycles. The lowest BCUT2D eigenvalue weighted by atomic mass is 10.2. The molecule has 0 aliphatic carbocycles. The van der Waals surface area contributed by atoms with E-state index in [4.69, 9.17) is 15.2 Å². The minimum Gasteiger partial charge on any atom is -0.506 e. The Morgan fingerprint density at radius 2 is 2.15 bits per heavy atom. The number of aromatic hydroxyl groups is 1. The van der Waals surface area contributed by atoms with Crippen molar-refractivity contribution in [2.24, 2.45) is 0 Å². The fourth-order valence-corrected chi connectivity index (χ4v) is 1.56. The first-order chi connectivity index (χ1) is 9.63. The number of esters is 1. The molecule has 0 radical (unpaired) electrons. The van der Waals surface area contributed by atoms with Gasteiger partial charge in [-0.2, -0.15) is 0 Å². The third kappa shape index (κ3) is 2.80. The molecule has 0 atom stereocenters. The number of hydrogen-bond donors (Lipinski definition) is 2. The van der Waals surface area contributed by atoms with Gasteiger partial charge in [-0.25, -0.2) is 9.78 Å². The summed E-state index contributed by atoms with van der Waals surface area (Å²) in [4.78, 5) is 15.8. The highest BCUT2D eigenvalue weighted by Crippen LogP contribution is 2.33. The van der Waals surface area contributed by atoms with Gasteiger partial charge in [-0.3, -0.25) is 0 Å². The number of para-hydroxylation sites is 1. The van der Waals surface area contributed by atoms with E-state index in [2.05, 4.69) is 4.98 Å². The van der Waals surface area contributed by atoms with Gasteiger partial charge in [-0.15, -0.1) is 0 Å². The quantitative estimate of drug-likeness (QED) is 0.505. The molecule has 0 saturated carbocycles. The topological polar surface area (TPSA) is 94.7 Å². The summed E-state index contributed by atoms with van der Waals surface area (Å²) in [6.45, 7) is 1.96. The highest BCUT2D eigenvalue weighted by Gasteiger charge is 2.16. The maximum atomic E-state index is 11.8. The van der Waals surface area contributed by atoms with Crippen molar-refractivity contribution < 1.29 is 19.4 Å². The van der Waals surface area contributed by atoms with Crippen molar-refractivity contribution in [2.45, 2.75) is 6.92 Å². The molecule has 0 spiro atoms. The molecule has 0 aliphatic heterocycles. The first kappa shape index (κ1) is 13.7. The highest BCUT2D eigenvalue weighted by atomic mass is 16.5. The molecular formula is C14H14N2O4. The third-order valence-electron chi connectivity index (χ3n) is 2.52. The number of benzene rings is 1. The van der Waals surface area contributed by atoms with Gasteiger partial charge in [0.05, 0.1) is 6.61 Å². The van der Waals surface area contributed by atoms with Crippen LogP contribution < -0.4 is 10.5 Å². The summed E-state index contributed by atoms with van der Waals surface area (Å²) in [7, 11) is 0. The normalized spacial score (nSPS) is 10.1. The van der Waals surface area contributed by atoms with Crippen LogP contribution in [0, 0.1) is 0 Å². The Morgan fingerprint density at radius 3 is 2.90 bits per heavy atom. The number of aromatic nitrogens is 1. The van der Waals surface area contributed by atoms with Crippen LogP contribution in [-0.4, -0.2) is 22.7 Å². The number of anilines is 1. The van der Waals surface area contributed by atoms with E-state index in [9.17, 15) is 9.90 Å². The van der Waals surface area contributed by atoms with Gasteiger partial charge in [0, 0.05) is 6.20 Å². The molecule has 0 saturated heterocycles. The fourth-order valence-electron chi connectivity index (χ4n) is 1.56. The molecule has 6 heteroatoms. The van der Waals surface area contributed by atoms with Crippen molar-refractivity contribution in [2.75, 3.05) is 12.3 Å². The number of nitrogen functional groups attached to an aromatic ring is 1. The van der Waals surface area contributed by atoms with Gasteiger partial charge in [-0.05, 0) is 31.2 Å². The molecule has 1 aromatic carbocycles. The first-order valence-corrected chi connectivity index (χ1v) is 6.01. The SMILES string of the molecule is CCOC(=O)c1cccnc1Oc1cccc(O)c1N. The van der Waals surface area contributed by atoms with Crippen molar-refractivity contribution in [3.8, 4) is 17.4 Å². The molecule has 3 N–H and O–H groups in total. The summed E-state index contributed by atoms with van der Waals surface area (Å²) in [5.41, 5.74) is 5.96. The summed E-state index contributed by atoms with van der Waals surface area (Å²) in [5.74, 6) is -0.345. The van der Waals surface area contributed by atoms with Gasteiger partial charge < -0.3 is 20.3 Å². The van der Waals surface area contributed by atoms with E-state index in [1.54, 1.807) is 31.2 Å². The number of nitrogens with two attached hydrogens (primary N) is 1. The van der Waals surface area contributed by atoms with Crippen LogP contribution in [0.15, 0.2) is 36.5 Å². The molecule has 0 bridgehead atoms. The van der Waals surface area contributed by atoms with Gasteiger partial charge in [0.2, 0.25) is 5.88 Å². The molecule has 0 aliphatic rings. The lowest BCUT2D eigenvalue weighted by Gasteiger charge is -2.11. The largest absolute Gasteiger partial charge is 0.506 e. The number of phenolic OH excluding ortho intramolecular Hbond substituents is 1. The number of phenols is 1. The van der Waals surface area contributed by atoms with Crippen LogP contribution in [0.2, 0.25) is 0 Å². The number of rotatable bonds is 4. The zero-order valence-electron chi connectivity index (χ0n) is 10.9. The molecule has 1 aromatic heterocycles. The van der Waals surface area contributed by atoms with Gasteiger partial charge in [0.1, 0.15) is 17.0 Å². The second kappa shape index (κ2) is 5.92. The molecule has 6 nitrogen and oxygen atoms in total. The van der Waals surface area contributed by atoms with E-state index in [-0.39, 0.29) is 35.2 Å². The molecule has 2 aromatic rings. The van der Waals surface area contributed by atoms with Crippen LogP contribution in [0.5, 0.6) is 17.4 Å². The van der Waals surface area contributed by atoms with E-state index in [1.807, 2.05) is 0 Å². The van der Waals surface area contributed by atoms with E-state index in [1.165, 1.54) is 12.3 Å². The Balaban J connectivity index is 2.34. The second-order valence-corrected chi connectivity index (χ2v) is 3.87. The standard InChI is InChI=1S/C14H14N2O4/c1-2-19-14(18)9-5-4-8-16-13(9)20-11-7-3-6-10(17)12(11)15/h3-8,17H,2,15H2,1H3. The van der Waals surface area contributed by atoms with Crippen molar-refractivity contribution in [1.29, 1.82) is 0 Å². The number of carbonyl (C=O) groups excluding carboxylic acids is 1. The number of carbonyl (C=O) groups is 1. The molecule has 2 rings (SSSR count). The summed E-state index contributed by atoms with van der Waals surface area (Å²) in [5, 5.41) is 9.52. The van der Waals surface area contributed by atoms with Gasteiger partial charge in [0.25, 0.3) is 0 Å². The predicted octanol–water partition coefficient (Wildman–Crippen LogP) is 2.34.